The molecule has 0 spiro atoms. The van der Waals surface area contributed by atoms with Crippen LogP contribution in [0, 0.1) is 0 Å². The number of aliphatic hydroxyl groups is 1. The normalized spacial score (nSPS) is 12.4. The smallest absolute Gasteiger partial charge is 0.139 e. The Kier molecular flexibility index (Phi) is 3.22. The molecule has 0 bridgehead atoms. The number of hydrogen-bond donors (Lipinski definition) is 2. The summed E-state index contributed by atoms with van der Waals surface area (Å²) in [4.78, 5) is 6.90. The minimum atomic E-state index is -0.717. The highest BCUT2D eigenvalue weighted by Crippen LogP contribution is 2.21. The van der Waals surface area contributed by atoms with E-state index in [1.54, 1.807) is 12.4 Å². The molecule has 1 aromatic heterocycles. The van der Waals surface area contributed by atoms with Crippen molar-refractivity contribution in [2.24, 2.45) is 0 Å². The number of ether oxygens (including phenoxy) is 1. The highest BCUT2D eigenvalue weighted by atomic mass is 16.5. The lowest BCUT2D eigenvalue weighted by Gasteiger charge is -2.09. The molecule has 1 aromatic carbocycles. The number of rotatable bonds is 4. The predicted octanol–water partition coefficient (Wildman–Crippen LogP) is 1.89. The van der Waals surface area contributed by atoms with Crippen LogP contribution in [-0.2, 0) is 0 Å². The molecular weight excluding hydrogens is 204 g/mol. The molecule has 4 nitrogen and oxygen atoms in total. The molecule has 0 aliphatic heterocycles. The fourth-order valence-corrected chi connectivity index (χ4v) is 1.50. The van der Waals surface area contributed by atoms with E-state index in [4.69, 9.17) is 4.74 Å². The van der Waals surface area contributed by atoms with Gasteiger partial charge in [-0.15, -0.1) is 0 Å². The van der Waals surface area contributed by atoms with Crippen molar-refractivity contribution in [3.05, 3.63) is 48.0 Å². The zero-order chi connectivity index (χ0) is 11.4. The van der Waals surface area contributed by atoms with Crippen LogP contribution < -0.4 is 4.74 Å². The third-order valence-electron chi connectivity index (χ3n) is 2.29. The summed E-state index contributed by atoms with van der Waals surface area (Å²) in [5.74, 6) is 1.35. The van der Waals surface area contributed by atoms with Crippen molar-refractivity contribution in [1.29, 1.82) is 0 Å². The first kappa shape index (κ1) is 10.7. The minimum Gasteiger partial charge on any atom is -0.494 e. The van der Waals surface area contributed by atoms with Gasteiger partial charge in [0.25, 0.3) is 0 Å². The van der Waals surface area contributed by atoms with Gasteiger partial charge in [0.05, 0.1) is 6.61 Å². The van der Waals surface area contributed by atoms with Crippen molar-refractivity contribution in [2.75, 3.05) is 6.61 Å². The van der Waals surface area contributed by atoms with Crippen LogP contribution in [0.4, 0.5) is 0 Å². The summed E-state index contributed by atoms with van der Waals surface area (Å²) in [6.45, 7) is 2.58. The second kappa shape index (κ2) is 4.81. The summed E-state index contributed by atoms with van der Waals surface area (Å²) in [5, 5.41) is 9.97. The molecule has 0 fully saturated rings. The van der Waals surface area contributed by atoms with Gasteiger partial charge in [0.15, 0.2) is 0 Å². The fraction of sp³-hybridized carbons (Fsp3) is 0.250. The first-order chi connectivity index (χ1) is 7.81. The molecule has 4 heteroatoms. The maximum absolute atomic E-state index is 9.97. The number of aromatic nitrogens is 2. The molecule has 2 aromatic rings. The molecule has 1 heterocycles. The lowest BCUT2D eigenvalue weighted by molar-refractivity contribution is 0.211. The Bertz CT molecular complexity index is 423. The number of hydrogen-bond acceptors (Lipinski definition) is 3. The number of aliphatic hydroxyl groups excluding tert-OH is 1. The monoisotopic (exact) mass is 218 g/mol. The van der Waals surface area contributed by atoms with Gasteiger partial charge < -0.3 is 14.8 Å². The van der Waals surface area contributed by atoms with Crippen molar-refractivity contribution in [2.45, 2.75) is 13.0 Å². The molecule has 2 N–H and O–H groups in total. The van der Waals surface area contributed by atoms with Crippen LogP contribution in [0.3, 0.4) is 0 Å². The summed E-state index contributed by atoms with van der Waals surface area (Å²) >= 11 is 0. The zero-order valence-electron chi connectivity index (χ0n) is 9.05. The standard InChI is InChI=1S/C12H14N2O2/c1-2-16-10-5-3-9(4-6-10)11(15)12-13-7-8-14-12/h3-8,11,15H,2H2,1H3,(H,13,14). The lowest BCUT2D eigenvalue weighted by atomic mass is 10.1. The molecule has 2 rings (SSSR count). The maximum atomic E-state index is 9.97. The van der Waals surface area contributed by atoms with Crippen molar-refractivity contribution in [3.8, 4) is 5.75 Å². The van der Waals surface area contributed by atoms with Crippen molar-refractivity contribution in [1.82, 2.24) is 9.97 Å². The van der Waals surface area contributed by atoms with E-state index in [-0.39, 0.29) is 0 Å². The van der Waals surface area contributed by atoms with Gasteiger partial charge >= 0.3 is 0 Å². The van der Waals surface area contributed by atoms with Gasteiger partial charge in [-0.1, -0.05) is 12.1 Å². The Hall–Kier alpha value is -1.81. The molecule has 16 heavy (non-hydrogen) atoms. The number of imidazole rings is 1. The van der Waals surface area contributed by atoms with Gasteiger partial charge in [-0.2, -0.15) is 0 Å². The molecule has 1 atom stereocenters. The largest absolute Gasteiger partial charge is 0.494 e. The Labute approximate surface area is 93.9 Å². The van der Waals surface area contributed by atoms with Crippen molar-refractivity contribution >= 4 is 0 Å². The predicted molar refractivity (Wildman–Crippen MR) is 60.3 cm³/mol. The molecule has 0 saturated carbocycles. The number of nitrogens with one attached hydrogen (secondary N) is 1. The molecule has 1 unspecified atom stereocenters. The third kappa shape index (κ3) is 2.23. The lowest BCUT2D eigenvalue weighted by Crippen LogP contribution is -2.01. The quantitative estimate of drug-likeness (QED) is 0.823. The van der Waals surface area contributed by atoms with Crippen LogP contribution >= 0.6 is 0 Å². The van der Waals surface area contributed by atoms with E-state index >= 15 is 0 Å². The second-order valence-corrected chi connectivity index (χ2v) is 3.38. The first-order valence-electron chi connectivity index (χ1n) is 5.21. The summed E-state index contributed by atoms with van der Waals surface area (Å²) < 4.78 is 5.33. The van der Waals surface area contributed by atoms with Gasteiger partial charge in [-0.25, -0.2) is 4.98 Å². The molecule has 0 aliphatic carbocycles. The van der Waals surface area contributed by atoms with Gasteiger partial charge in [-0.05, 0) is 24.6 Å². The van der Waals surface area contributed by atoms with E-state index in [0.717, 1.165) is 11.3 Å². The number of H-pyrrole nitrogens is 1. The van der Waals surface area contributed by atoms with Gasteiger partial charge in [0, 0.05) is 12.4 Å². The average molecular weight is 218 g/mol. The topological polar surface area (TPSA) is 58.1 Å². The summed E-state index contributed by atoms with van der Waals surface area (Å²) in [6.07, 6.45) is 2.59. The van der Waals surface area contributed by atoms with Gasteiger partial charge in [0.2, 0.25) is 0 Å². The molecule has 0 radical (unpaired) electrons. The summed E-state index contributed by atoms with van der Waals surface area (Å²) in [7, 11) is 0. The van der Waals surface area contributed by atoms with E-state index in [2.05, 4.69) is 9.97 Å². The third-order valence-corrected chi connectivity index (χ3v) is 2.29. The second-order valence-electron chi connectivity index (χ2n) is 3.38. The van der Waals surface area contributed by atoms with E-state index < -0.39 is 6.10 Å². The van der Waals surface area contributed by atoms with Crippen LogP contribution in [0.2, 0.25) is 0 Å². The van der Waals surface area contributed by atoms with Crippen LogP contribution in [0.15, 0.2) is 36.7 Å². The number of benzene rings is 1. The highest BCUT2D eigenvalue weighted by molar-refractivity contribution is 5.30. The Morgan fingerprint density at radius 2 is 2.12 bits per heavy atom. The molecule has 0 saturated heterocycles. The maximum Gasteiger partial charge on any atom is 0.139 e. The fourth-order valence-electron chi connectivity index (χ4n) is 1.50. The van der Waals surface area contributed by atoms with Crippen molar-refractivity contribution < 1.29 is 9.84 Å². The summed E-state index contributed by atoms with van der Waals surface area (Å²) in [6, 6.07) is 7.34. The molecular formula is C12H14N2O2. The van der Waals surface area contributed by atoms with E-state index in [9.17, 15) is 5.11 Å². The SMILES string of the molecule is CCOc1ccc(C(O)c2ncc[nH]2)cc1. The van der Waals surface area contributed by atoms with Crippen LogP contribution in [0.1, 0.15) is 24.4 Å². The summed E-state index contributed by atoms with van der Waals surface area (Å²) in [5.41, 5.74) is 0.790. The van der Waals surface area contributed by atoms with Gasteiger partial charge in [0.1, 0.15) is 17.7 Å². The zero-order valence-corrected chi connectivity index (χ0v) is 9.05. The van der Waals surface area contributed by atoms with E-state index in [1.807, 2.05) is 31.2 Å². The number of aromatic amines is 1. The highest BCUT2D eigenvalue weighted by Gasteiger charge is 2.12. The molecule has 0 amide bonds. The van der Waals surface area contributed by atoms with Crippen molar-refractivity contribution in [3.63, 3.8) is 0 Å². The minimum absolute atomic E-state index is 0.546. The van der Waals surface area contributed by atoms with E-state index in [1.165, 1.54) is 0 Å². The van der Waals surface area contributed by atoms with Crippen LogP contribution in [0.25, 0.3) is 0 Å². The van der Waals surface area contributed by atoms with Crippen LogP contribution in [-0.4, -0.2) is 21.7 Å². The van der Waals surface area contributed by atoms with Crippen LogP contribution in [0.5, 0.6) is 5.75 Å². The molecule has 84 valence electrons. The Balaban J connectivity index is 2.15. The first-order valence-corrected chi connectivity index (χ1v) is 5.21. The Morgan fingerprint density at radius 1 is 1.38 bits per heavy atom. The number of nitrogens with zero attached hydrogens (tertiary/aromatic N) is 1. The average Bonchev–Trinajstić information content (AvgIpc) is 2.83. The van der Waals surface area contributed by atoms with E-state index in [0.29, 0.717) is 12.4 Å². The Morgan fingerprint density at radius 3 is 2.69 bits per heavy atom. The molecule has 0 aliphatic rings. The van der Waals surface area contributed by atoms with Gasteiger partial charge in [-0.3, -0.25) is 0 Å².